The summed E-state index contributed by atoms with van der Waals surface area (Å²) in [4.78, 5) is 39.7. The third-order valence-electron chi connectivity index (χ3n) is 10.7. The van der Waals surface area contributed by atoms with Crippen LogP contribution in [-0.2, 0) is 33.3 Å². The Morgan fingerprint density at radius 3 is 2.26 bits per heavy atom. The molecular weight excluding hydrogens is 444 g/mol. The minimum atomic E-state index is -1.49. The van der Waals surface area contributed by atoms with Crippen molar-refractivity contribution in [1.29, 1.82) is 0 Å². The van der Waals surface area contributed by atoms with Crippen molar-refractivity contribution < 1.29 is 43.5 Å². The zero-order valence-corrected chi connectivity index (χ0v) is 20.3. The maximum atomic E-state index is 14.1. The van der Waals surface area contributed by atoms with Gasteiger partial charge in [0.15, 0.2) is 11.9 Å². The van der Waals surface area contributed by atoms with E-state index >= 15 is 0 Å². The van der Waals surface area contributed by atoms with Gasteiger partial charge in [0.1, 0.15) is 17.5 Å². The lowest BCUT2D eigenvalue weighted by Gasteiger charge is -2.64. The Labute approximate surface area is 197 Å². The average molecular weight is 477 g/mol. The topological polar surface area (TPSA) is 132 Å². The maximum absolute atomic E-state index is 14.1. The van der Waals surface area contributed by atoms with E-state index in [2.05, 4.69) is 0 Å². The minimum Gasteiger partial charge on any atom is -0.454 e. The summed E-state index contributed by atoms with van der Waals surface area (Å²) >= 11 is 0. The van der Waals surface area contributed by atoms with Crippen molar-refractivity contribution in [2.45, 2.75) is 96.3 Å². The fourth-order valence-corrected chi connectivity index (χ4v) is 9.09. The van der Waals surface area contributed by atoms with Gasteiger partial charge in [-0.3, -0.25) is 4.79 Å². The molecule has 6 aliphatic rings. The van der Waals surface area contributed by atoms with Gasteiger partial charge in [0.2, 0.25) is 6.29 Å². The number of fused-ring (bicyclic) bond motifs is 3. The molecule has 34 heavy (non-hydrogen) atoms. The third-order valence-corrected chi connectivity index (χ3v) is 10.7. The predicted octanol–water partition coefficient (Wildman–Crippen LogP) is 1.39. The fraction of sp³-hybridized carbons (Fsp3) is 0.800. The number of hydrogen-bond donors (Lipinski definition) is 2. The van der Waals surface area contributed by atoms with E-state index in [0.29, 0.717) is 12.8 Å². The van der Waals surface area contributed by atoms with Crippen molar-refractivity contribution in [3.05, 3.63) is 11.6 Å². The van der Waals surface area contributed by atoms with Gasteiger partial charge >= 0.3 is 11.9 Å². The monoisotopic (exact) mass is 476 g/mol. The van der Waals surface area contributed by atoms with E-state index in [-0.39, 0.29) is 29.6 Å². The quantitative estimate of drug-likeness (QED) is 0.425. The highest BCUT2D eigenvalue weighted by molar-refractivity contribution is 5.96. The molecule has 4 heterocycles. The van der Waals surface area contributed by atoms with Crippen molar-refractivity contribution >= 4 is 17.7 Å². The number of rotatable bonds is 1. The van der Waals surface area contributed by atoms with Crippen LogP contribution in [0.25, 0.3) is 0 Å². The van der Waals surface area contributed by atoms with Crippen molar-refractivity contribution in [3.8, 4) is 0 Å². The Balaban J connectivity index is 1.52. The summed E-state index contributed by atoms with van der Waals surface area (Å²) in [6.45, 7) is 11.2. The molecular formula is C25H32O9. The first-order chi connectivity index (χ1) is 15.6. The number of ether oxygens (including phenoxy) is 4. The number of epoxide rings is 1. The summed E-state index contributed by atoms with van der Waals surface area (Å²) in [5.74, 6) is -3.44. The molecule has 5 fully saturated rings. The van der Waals surface area contributed by atoms with Crippen molar-refractivity contribution in [3.63, 3.8) is 0 Å². The van der Waals surface area contributed by atoms with Gasteiger partial charge in [0.25, 0.3) is 0 Å². The number of aliphatic hydroxyl groups is 2. The Kier molecular flexibility index (Phi) is 3.95. The molecule has 0 bridgehead atoms. The lowest BCUT2D eigenvalue weighted by molar-refractivity contribution is -0.271. The van der Waals surface area contributed by atoms with E-state index < -0.39 is 63.7 Å². The molecule has 2 saturated carbocycles. The minimum absolute atomic E-state index is 0.0285. The van der Waals surface area contributed by atoms with Crippen LogP contribution in [0.5, 0.6) is 0 Å². The number of aliphatic hydroxyl groups excluding tert-OH is 1. The zero-order valence-electron chi connectivity index (χ0n) is 20.3. The molecule has 0 aromatic carbocycles. The highest BCUT2D eigenvalue weighted by Crippen LogP contribution is 2.79. The summed E-state index contributed by atoms with van der Waals surface area (Å²) < 4.78 is 23.0. The van der Waals surface area contributed by atoms with Crippen LogP contribution in [0.2, 0.25) is 0 Å². The molecule has 2 N–H and O–H groups in total. The highest BCUT2D eigenvalue weighted by Gasteiger charge is 2.90. The van der Waals surface area contributed by atoms with Crippen LogP contribution in [0.15, 0.2) is 11.6 Å². The molecule has 2 aliphatic carbocycles. The van der Waals surface area contributed by atoms with E-state index in [1.54, 1.807) is 6.92 Å². The number of carbonyl (C=O) groups excluding carboxylic acids is 3. The number of Topliss-reactive ketones (excluding diaryl/α,β-unsaturated/α-hetero) is 1. The molecule has 3 saturated heterocycles. The SMILES string of the molecule is CC1(C)O[C@](C)(O)[C@]2(C)[C@H]3CC[C@@]4(C)[C@H](C5=C[C@H](O)OC5=O)OC(=O)[C@H]5O[C@]54[C@]3(C)C(=O)C[C@@H]12. The number of hydrogen-bond acceptors (Lipinski definition) is 9. The second kappa shape index (κ2) is 5.94. The third kappa shape index (κ3) is 2.12. The van der Waals surface area contributed by atoms with Gasteiger partial charge in [0, 0.05) is 23.2 Å². The molecule has 6 rings (SSSR count). The molecule has 186 valence electrons. The van der Waals surface area contributed by atoms with Crippen molar-refractivity contribution in [2.24, 2.45) is 28.1 Å². The van der Waals surface area contributed by atoms with Crippen LogP contribution in [0, 0.1) is 28.1 Å². The molecule has 9 heteroatoms. The lowest BCUT2D eigenvalue weighted by Crippen LogP contribution is -2.73. The van der Waals surface area contributed by atoms with Crippen LogP contribution < -0.4 is 0 Å². The molecule has 0 unspecified atom stereocenters. The first kappa shape index (κ1) is 22.6. The van der Waals surface area contributed by atoms with Gasteiger partial charge in [0.05, 0.1) is 16.6 Å². The summed E-state index contributed by atoms with van der Waals surface area (Å²) in [6, 6.07) is 0. The Morgan fingerprint density at radius 2 is 1.65 bits per heavy atom. The smallest absolute Gasteiger partial charge is 0.340 e. The number of cyclic esters (lactones) is 2. The van der Waals surface area contributed by atoms with Crippen LogP contribution in [0.3, 0.4) is 0 Å². The second-order valence-electron chi connectivity index (χ2n) is 12.3. The van der Waals surface area contributed by atoms with Gasteiger partial charge in [-0.1, -0.05) is 13.8 Å². The predicted molar refractivity (Wildman–Crippen MR) is 114 cm³/mol. The average Bonchev–Trinajstić information content (AvgIpc) is 3.37. The Hall–Kier alpha value is -1.81. The van der Waals surface area contributed by atoms with Crippen LogP contribution in [0.1, 0.15) is 60.8 Å². The van der Waals surface area contributed by atoms with Crippen LogP contribution >= 0.6 is 0 Å². The molecule has 9 nitrogen and oxygen atoms in total. The number of esters is 2. The summed E-state index contributed by atoms with van der Waals surface area (Å²) in [7, 11) is 0. The summed E-state index contributed by atoms with van der Waals surface area (Å²) in [5, 5.41) is 21.4. The molecule has 10 atom stereocenters. The van der Waals surface area contributed by atoms with Crippen LogP contribution in [-0.4, -0.2) is 63.4 Å². The van der Waals surface area contributed by atoms with Gasteiger partial charge in [-0.05, 0) is 52.5 Å². The van der Waals surface area contributed by atoms with Crippen molar-refractivity contribution in [2.75, 3.05) is 0 Å². The van der Waals surface area contributed by atoms with Crippen LogP contribution in [0.4, 0.5) is 0 Å². The van der Waals surface area contributed by atoms with E-state index in [1.165, 1.54) is 6.08 Å². The molecule has 0 amide bonds. The molecule has 0 radical (unpaired) electrons. The highest BCUT2D eigenvalue weighted by atomic mass is 16.7. The van der Waals surface area contributed by atoms with Gasteiger partial charge in [-0.15, -0.1) is 0 Å². The zero-order chi connectivity index (χ0) is 24.9. The number of carbonyl (C=O) groups is 3. The summed E-state index contributed by atoms with van der Waals surface area (Å²) in [6.07, 6.45) is -0.898. The normalized spacial score (nSPS) is 57.0. The first-order valence-electron chi connectivity index (χ1n) is 12.0. The van der Waals surface area contributed by atoms with E-state index in [4.69, 9.17) is 18.9 Å². The summed E-state index contributed by atoms with van der Waals surface area (Å²) in [5.41, 5.74) is -4.65. The van der Waals surface area contributed by atoms with Gasteiger partial charge in [-0.2, -0.15) is 0 Å². The van der Waals surface area contributed by atoms with E-state index in [9.17, 15) is 24.6 Å². The standard InChI is InChI=1S/C25H32O9/c1-20(2)13-10-14(26)23(5)12(22(13,4)24(6,30)34-20)7-8-21(3)16(11-9-15(27)31-18(11)28)32-19(29)17-25(21,23)33-17/h9,12-13,15-17,27,30H,7-8,10H2,1-6H3/t12-,13+,15-,16+,17-,21+,22-,23+,24+,25-/m1/s1. The number of ketones is 1. The van der Waals surface area contributed by atoms with Crippen molar-refractivity contribution in [1.82, 2.24) is 0 Å². The molecule has 0 aromatic heterocycles. The van der Waals surface area contributed by atoms with Gasteiger partial charge < -0.3 is 29.2 Å². The van der Waals surface area contributed by atoms with E-state index in [1.807, 2.05) is 34.6 Å². The fourth-order valence-electron chi connectivity index (χ4n) is 9.09. The van der Waals surface area contributed by atoms with E-state index in [0.717, 1.165) is 0 Å². The Morgan fingerprint density at radius 1 is 0.971 bits per heavy atom. The lowest BCUT2D eigenvalue weighted by atomic mass is 9.37. The largest absolute Gasteiger partial charge is 0.454 e. The first-order valence-corrected chi connectivity index (χ1v) is 12.0. The molecule has 4 aliphatic heterocycles. The maximum Gasteiger partial charge on any atom is 0.340 e. The Bertz CT molecular complexity index is 1080. The second-order valence-corrected chi connectivity index (χ2v) is 12.3. The molecule has 1 spiro atoms. The van der Waals surface area contributed by atoms with Gasteiger partial charge in [-0.25, -0.2) is 9.59 Å². The molecule has 0 aromatic rings.